The lowest BCUT2D eigenvalue weighted by Gasteiger charge is -2.37. The van der Waals surface area contributed by atoms with Gasteiger partial charge < -0.3 is 14.6 Å². The molecule has 1 N–H and O–H groups in total. The second-order valence-electron chi connectivity index (χ2n) is 5.86. The Morgan fingerprint density at radius 2 is 2.00 bits per heavy atom. The Bertz CT molecular complexity index is 738. The third-order valence-electron chi connectivity index (χ3n) is 4.20. The van der Waals surface area contributed by atoms with Crippen molar-refractivity contribution in [3.63, 3.8) is 0 Å². The minimum absolute atomic E-state index is 0.206. The van der Waals surface area contributed by atoms with Crippen LogP contribution in [0.4, 0.5) is 0 Å². The lowest BCUT2D eigenvalue weighted by Crippen LogP contribution is -2.33. The van der Waals surface area contributed by atoms with Gasteiger partial charge in [-0.1, -0.05) is 24.3 Å². The quantitative estimate of drug-likeness (QED) is 0.867. The van der Waals surface area contributed by atoms with E-state index < -0.39 is 5.60 Å². The number of ether oxygens (including phenoxy) is 2. The number of phenols is 1. The second kappa shape index (κ2) is 5.95. The van der Waals surface area contributed by atoms with Crippen LogP contribution in [0.1, 0.15) is 32.3 Å². The van der Waals surface area contributed by atoms with Gasteiger partial charge in [0.25, 0.3) is 0 Å². The Morgan fingerprint density at radius 3 is 2.78 bits per heavy atom. The van der Waals surface area contributed by atoms with Crippen molar-refractivity contribution < 1.29 is 19.4 Å². The molecule has 0 spiro atoms. The van der Waals surface area contributed by atoms with Gasteiger partial charge in [0, 0.05) is 24.0 Å². The van der Waals surface area contributed by atoms with Crippen LogP contribution < -0.4 is 4.74 Å². The highest BCUT2D eigenvalue weighted by Crippen LogP contribution is 2.47. The number of benzene rings is 2. The van der Waals surface area contributed by atoms with Crippen LogP contribution in [-0.4, -0.2) is 17.7 Å². The van der Waals surface area contributed by atoms with E-state index in [4.69, 9.17) is 9.47 Å². The summed E-state index contributed by atoms with van der Waals surface area (Å²) >= 11 is 0. The molecule has 1 unspecified atom stereocenters. The Balaban J connectivity index is 1.98. The summed E-state index contributed by atoms with van der Waals surface area (Å²) in [6.45, 7) is 4.17. The van der Waals surface area contributed by atoms with Gasteiger partial charge >= 0.3 is 5.97 Å². The molecule has 3 rings (SSSR count). The zero-order valence-electron chi connectivity index (χ0n) is 13.3. The largest absolute Gasteiger partial charge is 0.508 e. The van der Waals surface area contributed by atoms with Crippen molar-refractivity contribution in [2.45, 2.75) is 32.3 Å². The Hall–Kier alpha value is -2.49. The molecule has 2 aromatic carbocycles. The van der Waals surface area contributed by atoms with Gasteiger partial charge in [0.15, 0.2) is 0 Å². The van der Waals surface area contributed by atoms with Gasteiger partial charge in [-0.15, -0.1) is 0 Å². The molecule has 120 valence electrons. The van der Waals surface area contributed by atoms with Crippen LogP contribution >= 0.6 is 0 Å². The van der Waals surface area contributed by atoms with Crippen LogP contribution in [0.15, 0.2) is 42.5 Å². The number of fused-ring (bicyclic) bond motifs is 3. The van der Waals surface area contributed by atoms with Crippen molar-refractivity contribution in [3.05, 3.63) is 48.0 Å². The summed E-state index contributed by atoms with van der Waals surface area (Å²) in [6.07, 6.45) is 0.829. The molecule has 1 aliphatic heterocycles. The summed E-state index contributed by atoms with van der Waals surface area (Å²) in [5, 5.41) is 9.76. The average molecular weight is 312 g/mol. The molecular weight excluding hydrogens is 292 g/mol. The first-order valence-corrected chi connectivity index (χ1v) is 7.81. The average Bonchev–Trinajstić information content (AvgIpc) is 2.55. The zero-order valence-corrected chi connectivity index (χ0v) is 13.3. The summed E-state index contributed by atoms with van der Waals surface area (Å²) in [7, 11) is 0. The van der Waals surface area contributed by atoms with Crippen LogP contribution in [0, 0.1) is 0 Å². The van der Waals surface area contributed by atoms with E-state index in [2.05, 4.69) is 0 Å². The third-order valence-corrected chi connectivity index (χ3v) is 4.20. The highest BCUT2D eigenvalue weighted by molar-refractivity contribution is 5.78. The molecule has 0 amide bonds. The number of rotatable bonds is 4. The minimum Gasteiger partial charge on any atom is -0.508 e. The Morgan fingerprint density at radius 1 is 1.22 bits per heavy atom. The topological polar surface area (TPSA) is 55.8 Å². The molecule has 4 nitrogen and oxygen atoms in total. The van der Waals surface area contributed by atoms with Crippen molar-refractivity contribution >= 4 is 5.97 Å². The highest BCUT2D eigenvalue weighted by atomic mass is 16.5. The molecule has 1 heterocycles. The fourth-order valence-corrected chi connectivity index (χ4v) is 3.05. The molecule has 0 radical (unpaired) electrons. The van der Waals surface area contributed by atoms with Gasteiger partial charge in [0.1, 0.15) is 17.1 Å². The van der Waals surface area contributed by atoms with Gasteiger partial charge in [-0.05, 0) is 37.6 Å². The van der Waals surface area contributed by atoms with E-state index in [-0.39, 0.29) is 11.7 Å². The van der Waals surface area contributed by atoms with Crippen molar-refractivity contribution in [1.29, 1.82) is 0 Å². The molecular formula is C19H20O4. The Kier molecular flexibility index (Phi) is 3.99. The fraction of sp³-hybridized carbons (Fsp3) is 0.316. The molecule has 0 saturated heterocycles. The highest BCUT2D eigenvalue weighted by Gasteiger charge is 2.37. The number of carbonyl (C=O) groups is 1. The van der Waals surface area contributed by atoms with E-state index >= 15 is 0 Å². The lowest BCUT2D eigenvalue weighted by molar-refractivity contribution is -0.144. The van der Waals surface area contributed by atoms with Gasteiger partial charge in [-0.3, -0.25) is 4.79 Å². The molecule has 1 atom stereocenters. The van der Waals surface area contributed by atoms with E-state index in [1.165, 1.54) is 0 Å². The summed E-state index contributed by atoms with van der Waals surface area (Å²) in [5.74, 6) is 0.705. The predicted octanol–water partition coefficient (Wildman–Crippen LogP) is 4.01. The summed E-state index contributed by atoms with van der Waals surface area (Å²) in [5.41, 5.74) is 2.31. The number of phenolic OH excluding ortho intramolecular Hbond substituents is 1. The van der Waals surface area contributed by atoms with E-state index in [1.54, 1.807) is 25.1 Å². The lowest BCUT2D eigenvalue weighted by atomic mass is 9.82. The number of hydrogen-bond acceptors (Lipinski definition) is 4. The first-order chi connectivity index (χ1) is 11.0. The summed E-state index contributed by atoms with van der Waals surface area (Å²) < 4.78 is 11.2. The van der Waals surface area contributed by atoms with Crippen molar-refractivity contribution in [3.8, 4) is 22.6 Å². The maximum atomic E-state index is 11.7. The Labute approximate surface area is 135 Å². The maximum Gasteiger partial charge on any atom is 0.305 e. The monoisotopic (exact) mass is 312 g/mol. The maximum absolute atomic E-state index is 11.7. The third kappa shape index (κ3) is 2.89. The zero-order chi connectivity index (χ0) is 16.4. The SMILES string of the molecule is CCOC(=O)CCC1(C)Oc2ccc(O)cc2-c2ccccc21. The molecule has 0 saturated carbocycles. The van der Waals surface area contributed by atoms with Gasteiger partial charge in [0.05, 0.1) is 6.61 Å². The van der Waals surface area contributed by atoms with Crippen molar-refractivity contribution in [1.82, 2.24) is 0 Å². The van der Waals surface area contributed by atoms with Gasteiger partial charge in [0.2, 0.25) is 0 Å². The molecule has 0 bridgehead atoms. The van der Waals surface area contributed by atoms with Crippen molar-refractivity contribution in [2.75, 3.05) is 6.61 Å². The standard InChI is InChI=1S/C19H20O4/c1-3-22-18(21)10-11-19(2)16-7-5-4-6-14(16)15-12-13(20)8-9-17(15)23-19/h4-9,12,20H,3,10-11H2,1-2H3. The van der Waals surface area contributed by atoms with E-state index in [0.29, 0.717) is 25.2 Å². The van der Waals surface area contributed by atoms with E-state index in [9.17, 15) is 9.90 Å². The van der Waals surface area contributed by atoms with Crippen LogP contribution in [0.2, 0.25) is 0 Å². The summed E-state index contributed by atoms with van der Waals surface area (Å²) in [6, 6.07) is 13.0. The smallest absolute Gasteiger partial charge is 0.305 e. The van der Waals surface area contributed by atoms with Crippen LogP contribution in [0.3, 0.4) is 0 Å². The number of carbonyl (C=O) groups excluding carboxylic acids is 1. The molecule has 0 aliphatic carbocycles. The minimum atomic E-state index is -0.604. The molecule has 0 fully saturated rings. The summed E-state index contributed by atoms with van der Waals surface area (Å²) in [4.78, 5) is 11.7. The van der Waals surface area contributed by atoms with E-state index in [0.717, 1.165) is 16.7 Å². The molecule has 0 aromatic heterocycles. The fourth-order valence-electron chi connectivity index (χ4n) is 3.05. The van der Waals surface area contributed by atoms with Crippen molar-refractivity contribution in [2.24, 2.45) is 0 Å². The molecule has 4 heteroatoms. The molecule has 2 aromatic rings. The normalized spacial score (nSPS) is 18.5. The van der Waals surface area contributed by atoms with E-state index in [1.807, 2.05) is 31.2 Å². The second-order valence-corrected chi connectivity index (χ2v) is 5.86. The van der Waals surface area contributed by atoms with Crippen LogP contribution in [-0.2, 0) is 15.1 Å². The van der Waals surface area contributed by atoms with Gasteiger partial charge in [-0.25, -0.2) is 0 Å². The number of aromatic hydroxyl groups is 1. The van der Waals surface area contributed by atoms with Crippen LogP contribution in [0.5, 0.6) is 11.5 Å². The first kappa shape index (κ1) is 15.4. The number of hydrogen-bond donors (Lipinski definition) is 1. The first-order valence-electron chi connectivity index (χ1n) is 7.81. The number of esters is 1. The molecule has 23 heavy (non-hydrogen) atoms. The van der Waals surface area contributed by atoms with Crippen LogP contribution in [0.25, 0.3) is 11.1 Å². The molecule has 1 aliphatic rings. The van der Waals surface area contributed by atoms with Gasteiger partial charge in [-0.2, -0.15) is 0 Å². The predicted molar refractivity (Wildman–Crippen MR) is 87.4 cm³/mol.